The second kappa shape index (κ2) is 7.59. The third-order valence-corrected chi connectivity index (χ3v) is 4.36. The summed E-state index contributed by atoms with van der Waals surface area (Å²) < 4.78 is 0. The number of aromatic amines is 1. The van der Waals surface area contributed by atoms with E-state index in [9.17, 15) is 9.59 Å². The maximum absolute atomic E-state index is 12.2. The van der Waals surface area contributed by atoms with E-state index in [1.165, 1.54) is 0 Å². The molecule has 0 unspecified atom stereocenters. The van der Waals surface area contributed by atoms with Crippen molar-refractivity contribution in [2.75, 3.05) is 40.3 Å². The first-order valence-corrected chi connectivity index (χ1v) is 8.09. The molecule has 1 aromatic heterocycles. The van der Waals surface area contributed by atoms with Crippen molar-refractivity contribution in [3.8, 4) is 0 Å². The number of carbonyl (C=O) groups excluding carboxylic acids is 2. The Labute approximate surface area is 137 Å². The van der Waals surface area contributed by atoms with Gasteiger partial charge in [0.05, 0.1) is 11.6 Å². The third kappa shape index (κ3) is 4.54. The van der Waals surface area contributed by atoms with Crippen LogP contribution in [0, 0.1) is 19.8 Å². The SMILES string of the molecule is Cc1n[nH]c(C)c1CCNC(=O)[C@H]1CC(=O)N(CCN(C)C)C1. The van der Waals surface area contributed by atoms with E-state index in [1.807, 2.05) is 32.8 Å². The Morgan fingerprint density at radius 1 is 1.43 bits per heavy atom. The van der Waals surface area contributed by atoms with Gasteiger partial charge in [-0.15, -0.1) is 0 Å². The van der Waals surface area contributed by atoms with E-state index >= 15 is 0 Å². The minimum atomic E-state index is -0.226. The fourth-order valence-electron chi connectivity index (χ4n) is 2.88. The van der Waals surface area contributed by atoms with Crippen molar-refractivity contribution >= 4 is 11.8 Å². The standard InChI is InChI=1S/C16H27N5O2/c1-11-14(12(2)19-18-11)5-6-17-16(23)13-9-15(22)21(10-13)8-7-20(3)4/h13H,5-10H2,1-4H3,(H,17,23)(H,18,19)/t13-/m0/s1. The molecule has 7 nitrogen and oxygen atoms in total. The normalized spacial score (nSPS) is 18.0. The van der Waals surface area contributed by atoms with Gasteiger partial charge >= 0.3 is 0 Å². The second-order valence-electron chi connectivity index (χ2n) is 6.50. The van der Waals surface area contributed by atoms with Crippen molar-refractivity contribution in [3.63, 3.8) is 0 Å². The maximum Gasteiger partial charge on any atom is 0.225 e. The number of rotatable bonds is 7. The Morgan fingerprint density at radius 3 is 2.78 bits per heavy atom. The Kier molecular flexibility index (Phi) is 5.76. The Balaban J connectivity index is 1.77. The molecular formula is C16H27N5O2. The predicted octanol–water partition coefficient (Wildman–Crippen LogP) is 0.0953. The molecular weight excluding hydrogens is 294 g/mol. The van der Waals surface area contributed by atoms with E-state index in [2.05, 4.69) is 15.5 Å². The van der Waals surface area contributed by atoms with Gasteiger partial charge in [0, 0.05) is 38.3 Å². The number of carbonyl (C=O) groups is 2. The van der Waals surface area contributed by atoms with Crippen molar-refractivity contribution < 1.29 is 9.59 Å². The summed E-state index contributed by atoms with van der Waals surface area (Å²) in [4.78, 5) is 28.0. The Hall–Kier alpha value is -1.89. The molecule has 0 radical (unpaired) electrons. The zero-order chi connectivity index (χ0) is 17.0. The lowest BCUT2D eigenvalue weighted by Crippen LogP contribution is -2.36. The average Bonchev–Trinajstić information content (AvgIpc) is 3.01. The zero-order valence-corrected chi connectivity index (χ0v) is 14.5. The molecule has 1 atom stereocenters. The fraction of sp³-hybridized carbons (Fsp3) is 0.688. The van der Waals surface area contributed by atoms with Gasteiger partial charge in [0.1, 0.15) is 0 Å². The summed E-state index contributed by atoms with van der Waals surface area (Å²) in [6.45, 7) is 6.54. The summed E-state index contributed by atoms with van der Waals surface area (Å²) in [6.07, 6.45) is 1.08. The summed E-state index contributed by atoms with van der Waals surface area (Å²) in [7, 11) is 3.95. The number of likely N-dealkylation sites (N-methyl/N-ethyl adjacent to an activating group) is 1. The second-order valence-corrected chi connectivity index (χ2v) is 6.50. The molecule has 2 amide bonds. The lowest BCUT2D eigenvalue weighted by atomic mass is 10.1. The van der Waals surface area contributed by atoms with Crippen LogP contribution in [0.1, 0.15) is 23.4 Å². The molecule has 1 aliphatic heterocycles. The highest BCUT2D eigenvalue weighted by Gasteiger charge is 2.33. The molecule has 2 heterocycles. The molecule has 2 rings (SSSR count). The van der Waals surface area contributed by atoms with Gasteiger partial charge in [0.2, 0.25) is 11.8 Å². The number of amides is 2. The zero-order valence-electron chi connectivity index (χ0n) is 14.5. The molecule has 0 spiro atoms. The molecule has 1 saturated heterocycles. The van der Waals surface area contributed by atoms with Crippen LogP contribution in [0.5, 0.6) is 0 Å². The van der Waals surface area contributed by atoms with E-state index in [4.69, 9.17) is 0 Å². The lowest BCUT2D eigenvalue weighted by Gasteiger charge is -2.19. The van der Waals surface area contributed by atoms with E-state index in [0.29, 0.717) is 26.1 Å². The van der Waals surface area contributed by atoms with Gasteiger partial charge in [-0.2, -0.15) is 5.10 Å². The van der Waals surface area contributed by atoms with Gasteiger partial charge in [-0.3, -0.25) is 14.7 Å². The summed E-state index contributed by atoms with van der Waals surface area (Å²) in [5, 5.41) is 10.1. The smallest absolute Gasteiger partial charge is 0.225 e. The molecule has 1 fully saturated rings. The van der Waals surface area contributed by atoms with Crippen LogP contribution in [-0.2, 0) is 16.0 Å². The molecule has 0 bridgehead atoms. The van der Waals surface area contributed by atoms with Gasteiger partial charge in [-0.1, -0.05) is 0 Å². The molecule has 0 aliphatic carbocycles. The van der Waals surface area contributed by atoms with E-state index in [-0.39, 0.29) is 17.7 Å². The highest BCUT2D eigenvalue weighted by atomic mass is 16.2. The van der Waals surface area contributed by atoms with E-state index < -0.39 is 0 Å². The van der Waals surface area contributed by atoms with Crippen LogP contribution >= 0.6 is 0 Å². The third-order valence-electron chi connectivity index (χ3n) is 4.36. The minimum Gasteiger partial charge on any atom is -0.355 e. The molecule has 2 N–H and O–H groups in total. The molecule has 1 aromatic rings. The molecule has 0 saturated carbocycles. The van der Waals surface area contributed by atoms with E-state index in [0.717, 1.165) is 29.9 Å². The van der Waals surface area contributed by atoms with Crippen molar-refractivity contribution in [1.82, 2.24) is 25.3 Å². The summed E-state index contributed by atoms with van der Waals surface area (Å²) in [5.41, 5.74) is 3.17. The number of H-pyrrole nitrogens is 1. The Bertz CT molecular complexity index is 547. The monoisotopic (exact) mass is 321 g/mol. The first-order valence-electron chi connectivity index (χ1n) is 8.09. The number of nitrogens with one attached hydrogen (secondary N) is 2. The topological polar surface area (TPSA) is 81.3 Å². The highest BCUT2D eigenvalue weighted by molar-refractivity contribution is 5.89. The molecule has 0 aromatic carbocycles. The van der Waals surface area contributed by atoms with Gasteiger partial charge in [-0.05, 0) is 39.9 Å². The molecule has 1 aliphatic rings. The minimum absolute atomic E-state index is 0.0236. The number of hydrogen-bond donors (Lipinski definition) is 2. The molecule has 23 heavy (non-hydrogen) atoms. The number of hydrogen-bond acceptors (Lipinski definition) is 4. The average molecular weight is 321 g/mol. The quantitative estimate of drug-likeness (QED) is 0.746. The van der Waals surface area contributed by atoms with Gasteiger partial charge < -0.3 is 15.1 Å². The number of nitrogens with zero attached hydrogens (tertiary/aromatic N) is 3. The molecule has 7 heteroatoms. The summed E-state index contributed by atoms with van der Waals surface area (Å²) in [5.74, 6) is -0.172. The summed E-state index contributed by atoms with van der Waals surface area (Å²) >= 11 is 0. The Morgan fingerprint density at radius 2 is 2.17 bits per heavy atom. The van der Waals surface area contributed by atoms with Crippen LogP contribution in [0.15, 0.2) is 0 Å². The first-order chi connectivity index (χ1) is 10.9. The van der Waals surface area contributed by atoms with Crippen LogP contribution in [-0.4, -0.2) is 72.1 Å². The van der Waals surface area contributed by atoms with Crippen molar-refractivity contribution in [3.05, 3.63) is 17.0 Å². The van der Waals surface area contributed by atoms with Crippen molar-refractivity contribution in [2.24, 2.45) is 5.92 Å². The van der Waals surface area contributed by atoms with Crippen LogP contribution in [0.4, 0.5) is 0 Å². The van der Waals surface area contributed by atoms with Gasteiger partial charge in [0.15, 0.2) is 0 Å². The predicted molar refractivity (Wildman–Crippen MR) is 88.0 cm³/mol. The van der Waals surface area contributed by atoms with E-state index in [1.54, 1.807) is 4.90 Å². The van der Waals surface area contributed by atoms with Crippen LogP contribution in [0.25, 0.3) is 0 Å². The first kappa shape index (κ1) is 17.5. The lowest BCUT2D eigenvalue weighted by molar-refractivity contribution is -0.129. The fourth-order valence-corrected chi connectivity index (χ4v) is 2.88. The van der Waals surface area contributed by atoms with Crippen LogP contribution in [0.3, 0.4) is 0 Å². The number of aromatic nitrogens is 2. The number of likely N-dealkylation sites (tertiary alicyclic amines) is 1. The van der Waals surface area contributed by atoms with Gasteiger partial charge in [0.25, 0.3) is 0 Å². The molecule has 128 valence electrons. The largest absolute Gasteiger partial charge is 0.355 e. The van der Waals surface area contributed by atoms with Crippen LogP contribution in [0.2, 0.25) is 0 Å². The van der Waals surface area contributed by atoms with Crippen molar-refractivity contribution in [2.45, 2.75) is 26.7 Å². The summed E-state index contributed by atoms with van der Waals surface area (Å²) in [6, 6.07) is 0. The van der Waals surface area contributed by atoms with Crippen molar-refractivity contribution in [1.29, 1.82) is 0 Å². The van der Waals surface area contributed by atoms with Gasteiger partial charge in [-0.25, -0.2) is 0 Å². The van der Waals surface area contributed by atoms with Crippen LogP contribution < -0.4 is 5.32 Å². The maximum atomic E-state index is 12.2. The highest BCUT2D eigenvalue weighted by Crippen LogP contribution is 2.17. The number of aryl methyl sites for hydroxylation is 2.